The van der Waals surface area contributed by atoms with Gasteiger partial charge in [0.2, 0.25) is 0 Å². The van der Waals surface area contributed by atoms with E-state index in [4.69, 9.17) is 4.42 Å². The SMILES string of the molecule is O=C(OC(C(F)(F)F)C(F)(F)F)N1CCC2(CCCN2C(=O)c2ccc3ocnc3c2)CC1. The summed E-state index contributed by atoms with van der Waals surface area (Å²) in [5, 5.41) is 0. The molecule has 1 spiro atoms. The van der Waals surface area contributed by atoms with Gasteiger partial charge >= 0.3 is 18.4 Å². The minimum Gasteiger partial charge on any atom is -0.443 e. The molecule has 0 atom stereocenters. The Morgan fingerprint density at radius 2 is 1.70 bits per heavy atom. The van der Waals surface area contributed by atoms with Crippen LogP contribution in [0, 0.1) is 0 Å². The Hall–Kier alpha value is -2.99. The molecule has 0 saturated carbocycles. The molecule has 4 rings (SSSR count). The number of benzene rings is 1. The van der Waals surface area contributed by atoms with E-state index < -0.39 is 30.1 Å². The molecule has 0 N–H and O–H groups in total. The third-order valence-corrected chi connectivity index (χ3v) is 6.18. The average Bonchev–Trinajstić information content (AvgIpc) is 3.36. The third kappa shape index (κ3) is 4.44. The molecule has 7 nitrogen and oxygen atoms in total. The third-order valence-electron chi connectivity index (χ3n) is 6.18. The molecule has 2 aliphatic rings. The number of fused-ring (bicyclic) bond motifs is 1. The van der Waals surface area contributed by atoms with Crippen LogP contribution in [0.4, 0.5) is 31.1 Å². The normalized spacial score (nSPS) is 19.0. The lowest BCUT2D eigenvalue weighted by atomic mass is 9.84. The van der Waals surface area contributed by atoms with E-state index in [0.717, 1.165) is 4.90 Å². The summed E-state index contributed by atoms with van der Waals surface area (Å²) in [5.74, 6) is -0.261. The maximum Gasteiger partial charge on any atom is 0.434 e. The first-order valence-corrected chi connectivity index (χ1v) is 10.1. The van der Waals surface area contributed by atoms with E-state index in [1.165, 1.54) is 6.39 Å². The van der Waals surface area contributed by atoms with E-state index in [1.807, 2.05) is 0 Å². The monoisotopic (exact) mass is 479 g/mol. The van der Waals surface area contributed by atoms with E-state index in [-0.39, 0.29) is 31.8 Å². The molecule has 0 radical (unpaired) electrons. The van der Waals surface area contributed by atoms with E-state index in [0.29, 0.717) is 36.0 Å². The van der Waals surface area contributed by atoms with Crippen molar-refractivity contribution in [1.82, 2.24) is 14.8 Å². The van der Waals surface area contributed by atoms with Gasteiger partial charge in [0.1, 0.15) is 5.52 Å². The van der Waals surface area contributed by atoms with Crippen molar-refractivity contribution in [3.05, 3.63) is 30.2 Å². The zero-order valence-electron chi connectivity index (χ0n) is 17.1. The van der Waals surface area contributed by atoms with E-state index in [9.17, 15) is 35.9 Å². The van der Waals surface area contributed by atoms with Gasteiger partial charge in [0.15, 0.2) is 12.0 Å². The fourth-order valence-corrected chi connectivity index (χ4v) is 4.52. The molecular weight excluding hydrogens is 460 g/mol. The Morgan fingerprint density at radius 1 is 1.03 bits per heavy atom. The van der Waals surface area contributed by atoms with E-state index >= 15 is 0 Å². The fraction of sp³-hybridized carbons (Fsp3) is 0.550. The summed E-state index contributed by atoms with van der Waals surface area (Å²) < 4.78 is 85.1. The Balaban J connectivity index is 1.44. The van der Waals surface area contributed by atoms with Gasteiger partial charge in [0.05, 0.1) is 0 Å². The van der Waals surface area contributed by atoms with Gasteiger partial charge in [-0.05, 0) is 43.9 Å². The van der Waals surface area contributed by atoms with Gasteiger partial charge in [-0.15, -0.1) is 0 Å². The van der Waals surface area contributed by atoms with Gasteiger partial charge in [-0.2, -0.15) is 26.3 Å². The highest BCUT2D eigenvalue weighted by molar-refractivity contribution is 5.97. The summed E-state index contributed by atoms with van der Waals surface area (Å²) in [7, 11) is 0. The van der Waals surface area contributed by atoms with Gasteiger partial charge in [-0.25, -0.2) is 9.78 Å². The average molecular weight is 479 g/mol. The van der Waals surface area contributed by atoms with Crippen molar-refractivity contribution in [2.24, 2.45) is 0 Å². The maximum atomic E-state index is 13.2. The smallest absolute Gasteiger partial charge is 0.434 e. The number of rotatable bonds is 2. The van der Waals surface area contributed by atoms with E-state index in [2.05, 4.69) is 9.72 Å². The summed E-state index contributed by atoms with van der Waals surface area (Å²) in [4.78, 5) is 31.7. The summed E-state index contributed by atoms with van der Waals surface area (Å²) >= 11 is 0. The van der Waals surface area contributed by atoms with Gasteiger partial charge < -0.3 is 19.0 Å². The first-order valence-electron chi connectivity index (χ1n) is 10.1. The minimum atomic E-state index is -5.77. The van der Waals surface area contributed by atoms with Gasteiger partial charge in [-0.1, -0.05) is 0 Å². The van der Waals surface area contributed by atoms with Crippen LogP contribution in [0.2, 0.25) is 0 Å². The summed E-state index contributed by atoms with van der Waals surface area (Å²) in [5.41, 5.74) is 0.777. The summed E-state index contributed by atoms with van der Waals surface area (Å²) in [6.45, 7) is 0.186. The summed E-state index contributed by atoms with van der Waals surface area (Å²) in [6.07, 6.45) is -14.4. The van der Waals surface area contributed by atoms with Crippen LogP contribution < -0.4 is 0 Å². The summed E-state index contributed by atoms with van der Waals surface area (Å²) in [6, 6.07) is 4.81. The van der Waals surface area contributed by atoms with Gasteiger partial charge in [0, 0.05) is 30.7 Å². The number of aromatic nitrogens is 1. The van der Waals surface area contributed by atoms with Crippen molar-refractivity contribution in [3.63, 3.8) is 0 Å². The molecule has 2 saturated heterocycles. The van der Waals surface area contributed by atoms with Crippen LogP contribution in [0.1, 0.15) is 36.0 Å². The molecule has 2 aromatic rings. The van der Waals surface area contributed by atoms with Crippen molar-refractivity contribution in [2.45, 2.75) is 49.7 Å². The molecule has 13 heteroatoms. The molecule has 2 aliphatic heterocycles. The Bertz CT molecular complexity index is 1030. The number of carbonyl (C=O) groups is 2. The van der Waals surface area contributed by atoms with Crippen molar-refractivity contribution < 1.29 is 45.1 Å². The predicted molar refractivity (Wildman–Crippen MR) is 100 cm³/mol. The van der Waals surface area contributed by atoms with Crippen molar-refractivity contribution in [3.8, 4) is 0 Å². The topological polar surface area (TPSA) is 75.9 Å². The van der Waals surface area contributed by atoms with Crippen molar-refractivity contribution in [2.75, 3.05) is 19.6 Å². The Kier molecular flexibility index (Phi) is 5.69. The Morgan fingerprint density at radius 3 is 2.33 bits per heavy atom. The second kappa shape index (κ2) is 8.10. The highest BCUT2D eigenvalue weighted by Gasteiger charge is 2.60. The second-order valence-corrected chi connectivity index (χ2v) is 8.15. The molecule has 0 unspecified atom stereocenters. The number of amides is 2. The van der Waals surface area contributed by atoms with Crippen LogP contribution in [-0.2, 0) is 4.74 Å². The zero-order valence-corrected chi connectivity index (χ0v) is 17.1. The van der Waals surface area contributed by atoms with Crippen LogP contribution in [0.25, 0.3) is 11.1 Å². The minimum absolute atomic E-state index is 0.132. The molecule has 33 heavy (non-hydrogen) atoms. The number of halogens is 6. The van der Waals surface area contributed by atoms with Gasteiger partial charge in [0.25, 0.3) is 12.0 Å². The lowest BCUT2D eigenvalue weighted by Gasteiger charge is -2.44. The lowest BCUT2D eigenvalue weighted by molar-refractivity contribution is -0.308. The number of alkyl halides is 6. The number of likely N-dealkylation sites (tertiary alicyclic amines) is 2. The number of hydrogen-bond acceptors (Lipinski definition) is 5. The molecule has 1 aromatic carbocycles. The number of oxazole rings is 1. The zero-order chi connectivity index (χ0) is 24.0. The predicted octanol–water partition coefficient (Wildman–Crippen LogP) is 4.53. The first kappa shape index (κ1) is 23.2. The number of carbonyl (C=O) groups excluding carboxylic acids is 2. The molecule has 2 fully saturated rings. The van der Waals surface area contributed by atoms with Crippen LogP contribution in [0.3, 0.4) is 0 Å². The van der Waals surface area contributed by atoms with Crippen molar-refractivity contribution >= 4 is 23.1 Å². The standard InChI is InChI=1S/C20H19F6N3O4/c21-19(22,23)16(20(24,25)26)33-17(31)28-8-5-18(6-9-28)4-1-7-29(18)15(30)12-2-3-14-13(10-12)27-11-32-14/h2-3,10-11,16H,1,4-9H2. The van der Waals surface area contributed by atoms with Crippen LogP contribution >= 0.6 is 0 Å². The highest BCUT2D eigenvalue weighted by Crippen LogP contribution is 2.40. The lowest BCUT2D eigenvalue weighted by Crippen LogP contribution is -2.56. The molecule has 1 aromatic heterocycles. The largest absolute Gasteiger partial charge is 0.443 e. The molecule has 180 valence electrons. The van der Waals surface area contributed by atoms with Crippen molar-refractivity contribution in [1.29, 1.82) is 0 Å². The van der Waals surface area contributed by atoms with Crippen LogP contribution in [0.5, 0.6) is 0 Å². The van der Waals surface area contributed by atoms with E-state index in [1.54, 1.807) is 23.1 Å². The van der Waals surface area contributed by atoms with Gasteiger partial charge in [-0.3, -0.25) is 4.79 Å². The number of nitrogens with zero attached hydrogens (tertiary/aromatic N) is 3. The maximum absolute atomic E-state index is 13.2. The second-order valence-electron chi connectivity index (χ2n) is 8.15. The number of hydrogen-bond donors (Lipinski definition) is 0. The van der Waals surface area contributed by atoms with Crippen LogP contribution in [-0.4, -0.2) is 70.4 Å². The fourth-order valence-electron chi connectivity index (χ4n) is 4.52. The molecule has 2 amide bonds. The molecular formula is C20H19F6N3O4. The highest BCUT2D eigenvalue weighted by atomic mass is 19.4. The number of ether oxygens (including phenoxy) is 1. The van der Waals surface area contributed by atoms with Crippen LogP contribution in [0.15, 0.2) is 29.0 Å². The molecule has 3 heterocycles. The molecule has 0 aliphatic carbocycles. The molecule has 0 bridgehead atoms. The first-order chi connectivity index (χ1) is 15.4. The quantitative estimate of drug-likeness (QED) is 0.592. The number of piperidine rings is 1. The Labute approximate surface area is 183 Å².